The van der Waals surface area contributed by atoms with Crippen LogP contribution in [0, 0.1) is 0 Å². The number of carbonyl (C=O) groups excluding carboxylic acids is 1. The Morgan fingerprint density at radius 2 is 2.45 bits per heavy atom. The molecular formula is C14H21N3O2S. The zero-order chi connectivity index (χ0) is 13.8. The molecule has 2 saturated heterocycles. The first kappa shape index (κ1) is 13.8. The summed E-state index contributed by atoms with van der Waals surface area (Å²) in [6.45, 7) is 2.35. The lowest BCUT2D eigenvalue weighted by Crippen LogP contribution is -2.47. The predicted octanol–water partition coefficient (Wildman–Crippen LogP) is 2.04. The van der Waals surface area contributed by atoms with E-state index in [0.717, 1.165) is 50.9 Å². The van der Waals surface area contributed by atoms with Crippen LogP contribution in [-0.4, -0.2) is 47.8 Å². The minimum absolute atomic E-state index is 0.0539. The Labute approximate surface area is 123 Å². The molecule has 20 heavy (non-hydrogen) atoms. The molecule has 2 fully saturated rings. The number of thiazole rings is 1. The van der Waals surface area contributed by atoms with Crippen molar-refractivity contribution in [2.24, 2.45) is 0 Å². The second-order valence-corrected chi connectivity index (χ2v) is 6.13. The largest absolute Gasteiger partial charge is 0.376 e. The summed E-state index contributed by atoms with van der Waals surface area (Å²) in [6.07, 6.45) is 5.43. The van der Waals surface area contributed by atoms with Gasteiger partial charge in [-0.25, -0.2) is 9.78 Å². The molecule has 2 aliphatic rings. The Balaban J connectivity index is 1.48. The highest BCUT2D eigenvalue weighted by molar-refractivity contribution is 7.07. The quantitative estimate of drug-likeness (QED) is 0.925. The van der Waals surface area contributed by atoms with Crippen LogP contribution in [0.5, 0.6) is 0 Å². The summed E-state index contributed by atoms with van der Waals surface area (Å²) in [7, 11) is 0. The number of ether oxygens (including phenoxy) is 1. The lowest BCUT2D eigenvalue weighted by molar-refractivity contribution is 0.0521. The van der Waals surface area contributed by atoms with Gasteiger partial charge in [-0.05, 0) is 25.7 Å². The van der Waals surface area contributed by atoms with E-state index in [1.165, 1.54) is 0 Å². The lowest BCUT2D eigenvalue weighted by Gasteiger charge is -2.28. The van der Waals surface area contributed by atoms with Crippen molar-refractivity contribution in [1.29, 1.82) is 0 Å². The van der Waals surface area contributed by atoms with Gasteiger partial charge >= 0.3 is 6.03 Å². The van der Waals surface area contributed by atoms with Gasteiger partial charge in [0.1, 0.15) is 0 Å². The average Bonchev–Trinajstić information content (AvgIpc) is 3.19. The van der Waals surface area contributed by atoms with Crippen LogP contribution in [0.1, 0.15) is 31.4 Å². The molecule has 110 valence electrons. The van der Waals surface area contributed by atoms with Gasteiger partial charge in [-0.1, -0.05) is 0 Å². The zero-order valence-electron chi connectivity index (χ0n) is 11.6. The molecule has 1 aromatic heterocycles. The molecule has 1 aromatic rings. The molecular weight excluding hydrogens is 274 g/mol. The maximum Gasteiger partial charge on any atom is 0.317 e. The number of hydrogen-bond donors (Lipinski definition) is 1. The fourth-order valence-electron chi connectivity index (χ4n) is 3.10. The third kappa shape index (κ3) is 3.12. The molecule has 6 heteroatoms. The fraction of sp³-hybridized carbons (Fsp3) is 0.714. The highest BCUT2D eigenvalue weighted by atomic mass is 32.1. The van der Waals surface area contributed by atoms with Crippen LogP contribution in [-0.2, 0) is 11.2 Å². The van der Waals surface area contributed by atoms with Crippen LogP contribution in [0.2, 0.25) is 0 Å². The second kappa shape index (κ2) is 6.54. The van der Waals surface area contributed by atoms with Gasteiger partial charge in [0.15, 0.2) is 0 Å². The van der Waals surface area contributed by atoms with Crippen molar-refractivity contribution in [1.82, 2.24) is 15.2 Å². The zero-order valence-corrected chi connectivity index (χ0v) is 12.4. The number of hydrogen-bond acceptors (Lipinski definition) is 4. The summed E-state index contributed by atoms with van der Waals surface area (Å²) < 4.78 is 5.75. The minimum atomic E-state index is 0.0539. The molecule has 0 radical (unpaired) electrons. The van der Waals surface area contributed by atoms with Crippen molar-refractivity contribution in [2.75, 3.05) is 19.7 Å². The van der Waals surface area contributed by atoms with Crippen LogP contribution in [0.4, 0.5) is 4.79 Å². The Morgan fingerprint density at radius 3 is 3.20 bits per heavy atom. The maximum absolute atomic E-state index is 12.3. The van der Waals surface area contributed by atoms with Gasteiger partial charge < -0.3 is 15.0 Å². The van der Waals surface area contributed by atoms with Gasteiger partial charge in [0, 0.05) is 31.5 Å². The number of rotatable bonds is 4. The molecule has 2 amide bonds. The molecule has 2 aliphatic heterocycles. The SMILES string of the molecule is O=C(NCCc1cscn1)N1CCCC1C1CCCO1. The minimum Gasteiger partial charge on any atom is -0.376 e. The van der Waals surface area contributed by atoms with E-state index in [-0.39, 0.29) is 18.2 Å². The molecule has 0 aliphatic carbocycles. The number of carbonyl (C=O) groups is 1. The summed E-state index contributed by atoms with van der Waals surface area (Å²) >= 11 is 1.59. The van der Waals surface area contributed by atoms with E-state index in [1.54, 1.807) is 11.3 Å². The summed E-state index contributed by atoms with van der Waals surface area (Å²) in [5.74, 6) is 0. The van der Waals surface area contributed by atoms with Crippen molar-refractivity contribution in [3.63, 3.8) is 0 Å². The van der Waals surface area contributed by atoms with Gasteiger partial charge in [0.25, 0.3) is 0 Å². The molecule has 5 nitrogen and oxygen atoms in total. The fourth-order valence-corrected chi connectivity index (χ4v) is 3.69. The van der Waals surface area contributed by atoms with E-state index in [9.17, 15) is 4.79 Å². The average molecular weight is 295 g/mol. The number of nitrogens with one attached hydrogen (secondary N) is 1. The molecule has 1 N–H and O–H groups in total. The molecule has 2 unspecified atom stereocenters. The molecule has 0 bridgehead atoms. The molecule has 3 rings (SSSR count). The molecule has 0 saturated carbocycles. The van der Waals surface area contributed by atoms with Crippen molar-refractivity contribution < 1.29 is 9.53 Å². The predicted molar refractivity (Wildman–Crippen MR) is 77.9 cm³/mol. The Morgan fingerprint density at radius 1 is 1.50 bits per heavy atom. The van der Waals surface area contributed by atoms with E-state index < -0.39 is 0 Å². The topological polar surface area (TPSA) is 54.5 Å². The van der Waals surface area contributed by atoms with Crippen molar-refractivity contribution in [2.45, 2.75) is 44.2 Å². The van der Waals surface area contributed by atoms with Gasteiger partial charge in [0.2, 0.25) is 0 Å². The Hall–Kier alpha value is -1.14. The third-order valence-electron chi connectivity index (χ3n) is 4.09. The highest BCUT2D eigenvalue weighted by Gasteiger charge is 2.36. The first-order valence-electron chi connectivity index (χ1n) is 7.38. The van der Waals surface area contributed by atoms with Crippen LogP contribution in [0.15, 0.2) is 10.9 Å². The van der Waals surface area contributed by atoms with E-state index in [4.69, 9.17) is 4.74 Å². The monoisotopic (exact) mass is 295 g/mol. The van der Waals surface area contributed by atoms with E-state index in [0.29, 0.717) is 6.54 Å². The van der Waals surface area contributed by atoms with Crippen LogP contribution in [0.3, 0.4) is 0 Å². The van der Waals surface area contributed by atoms with Crippen LogP contribution >= 0.6 is 11.3 Å². The number of likely N-dealkylation sites (tertiary alicyclic amines) is 1. The summed E-state index contributed by atoms with van der Waals surface area (Å²) in [4.78, 5) is 18.5. The number of urea groups is 1. The Bertz CT molecular complexity index is 432. The van der Waals surface area contributed by atoms with Gasteiger partial charge in [0.05, 0.1) is 23.4 Å². The molecule has 3 heterocycles. The van der Waals surface area contributed by atoms with Gasteiger partial charge in [-0.2, -0.15) is 0 Å². The molecule has 0 spiro atoms. The Kier molecular flexibility index (Phi) is 4.52. The van der Waals surface area contributed by atoms with Crippen LogP contribution in [0.25, 0.3) is 0 Å². The van der Waals surface area contributed by atoms with Crippen LogP contribution < -0.4 is 5.32 Å². The standard InChI is InChI=1S/C14H21N3O2S/c18-14(15-6-5-11-9-20-10-16-11)17-7-1-3-12(17)13-4-2-8-19-13/h9-10,12-13H,1-8H2,(H,15,18). The molecule has 2 atom stereocenters. The summed E-state index contributed by atoms with van der Waals surface area (Å²) in [5.41, 5.74) is 2.87. The summed E-state index contributed by atoms with van der Waals surface area (Å²) in [6, 6.07) is 0.329. The normalized spacial score (nSPS) is 26.1. The lowest BCUT2D eigenvalue weighted by atomic mass is 10.1. The van der Waals surface area contributed by atoms with E-state index in [2.05, 4.69) is 10.3 Å². The van der Waals surface area contributed by atoms with Crippen molar-refractivity contribution in [3.05, 3.63) is 16.6 Å². The maximum atomic E-state index is 12.3. The van der Waals surface area contributed by atoms with E-state index in [1.807, 2.05) is 15.8 Å². The number of nitrogens with zero attached hydrogens (tertiary/aromatic N) is 2. The second-order valence-electron chi connectivity index (χ2n) is 5.42. The molecule has 0 aromatic carbocycles. The number of aromatic nitrogens is 1. The summed E-state index contributed by atoms with van der Waals surface area (Å²) in [5, 5.41) is 5.04. The van der Waals surface area contributed by atoms with Crippen molar-refractivity contribution >= 4 is 17.4 Å². The van der Waals surface area contributed by atoms with E-state index >= 15 is 0 Å². The number of amides is 2. The van der Waals surface area contributed by atoms with Gasteiger partial charge in [-0.3, -0.25) is 0 Å². The third-order valence-corrected chi connectivity index (χ3v) is 4.73. The smallest absolute Gasteiger partial charge is 0.317 e. The van der Waals surface area contributed by atoms with Gasteiger partial charge in [-0.15, -0.1) is 11.3 Å². The van der Waals surface area contributed by atoms with Crippen molar-refractivity contribution in [3.8, 4) is 0 Å². The highest BCUT2D eigenvalue weighted by Crippen LogP contribution is 2.27. The first-order chi connectivity index (χ1) is 9.84. The first-order valence-corrected chi connectivity index (χ1v) is 8.32.